The summed E-state index contributed by atoms with van der Waals surface area (Å²) in [6, 6.07) is 20.3. The maximum absolute atomic E-state index is 12.5. The molecule has 1 amide bonds. The van der Waals surface area contributed by atoms with Crippen LogP contribution in [0.4, 0.5) is 5.69 Å². The highest BCUT2D eigenvalue weighted by Crippen LogP contribution is 2.32. The molecule has 5 heteroatoms. The second kappa shape index (κ2) is 7.91. The van der Waals surface area contributed by atoms with E-state index < -0.39 is 0 Å². The van der Waals surface area contributed by atoms with Gasteiger partial charge >= 0.3 is 0 Å². The van der Waals surface area contributed by atoms with Gasteiger partial charge in [0.1, 0.15) is 0 Å². The molecular formula is C22H20ClN3O. The summed E-state index contributed by atoms with van der Waals surface area (Å²) < 4.78 is 0. The van der Waals surface area contributed by atoms with Gasteiger partial charge in [-0.3, -0.25) is 10.1 Å². The van der Waals surface area contributed by atoms with E-state index in [-0.39, 0.29) is 23.6 Å². The van der Waals surface area contributed by atoms with Crippen molar-refractivity contribution >= 4 is 23.2 Å². The molecule has 0 saturated carbocycles. The summed E-state index contributed by atoms with van der Waals surface area (Å²) >= 11 is 6.03. The number of carbonyl (C=O) groups excluding carboxylic acids is 1. The van der Waals surface area contributed by atoms with Crippen molar-refractivity contribution in [2.45, 2.75) is 18.9 Å². The summed E-state index contributed by atoms with van der Waals surface area (Å²) in [6.07, 6.45) is 3.60. The van der Waals surface area contributed by atoms with Crippen LogP contribution < -0.4 is 10.6 Å². The first-order chi connectivity index (χ1) is 13.2. The normalized spacial score (nSPS) is 13.4. The minimum absolute atomic E-state index is 0.0185. The van der Waals surface area contributed by atoms with Gasteiger partial charge in [-0.15, -0.1) is 0 Å². The van der Waals surface area contributed by atoms with Crippen LogP contribution in [0.3, 0.4) is 0 Å². The lowest BCUT2D eigenvalue weighted by Gasteiger charge is -2.22. The minimum Gasteiger partial charge on any atom is -0.322 e. The van der Waals surface area contributed by atoms with Crippen LogP contribution in [-0.2, 0) is 17.6 Å². The first kappa shape index (κ1) is 17.7. The number of halogens is 1. The van der Waals surface area contributed by atoms with Gasteiger partial charge in [0.15, 0.2) is 5.15 Å². The van der Waals surface area contributed by atoms with Gasteiger partial charge in [0.05, 0.1) is 18.3 Å². The number of anilines is 1. The summed E-state index contributed by atoms with van der Waals surface area (Å²) in [5, 5.41) is 6.54. The molecule has 4 rings (SSSR count). The Hall–Kier alpha value is -2.69. The fourth-order valence-electron chi connectivity index (χ4n) is 3.61. The molecule has 3 aromatic rings. The number of nitrogens with zero attached hydrogens (tertiary/aromatic N) is 1. The Kier molecular flexibility index (Phi) is 5.19. The second-order valence-corrected chi connectivity index (χ2v) is 6.96. The zero-order chi connectivity index (χ0) is 18.6. The Morgan fingerprint density at radius 1 is 0.963 bits per heavy atom. The molecule has 0 saturated heterocycles. The molecule has 0 bridgehead atoms. The van der Waals surface area contributed by atoms with Crippen molar-refractivity contribution in [3.63, 3.8) is 0 Å². The molecule has 2 aromatic carbocycles. The first-order valence-electron chi connectivity index (χ1n) is 9.02. The minimum atomic E-state index is -0.149. The molecule has 1 aromatic heterocycles. The Morgan fingerprint density at radius 3 is 2.22 bits per heavy atom. The van der Waals surface area contributed by atoms with Gasteiger partial charge in [-0.2, -0.15) is 0 Å². The van der Waals surface area contributed by atoms with Gasteiger partial charge in [-0.25, -0.2) is 4.98 Å². The van der Waals surface area contributed by atoms with Gasteiger partial charge in [0.2, 0.25) is 5.91 Å². The molecule has 0 atom stereocenters. The highest BCUT2D eigenvalue weighted by Gasteiger charge is 2.23. The Bertz CT molecular complexity index is 926. The second-order valence-electron chi connectivity index (χ2n) is 6.60. The van der Waals surface area contributed by atoms with Crippen molar-refractivity contribution in [2.24, 2.45) is 0 Å². The maximum atomic E-state index is 12.5. The van der Waals surface area contributed by atoms with E-state index in [9.17, 15) is 4.79 Å². The molecule has 0 fully saturated rings. The summed E-state index contributed by atoms with van der Waals surface area (Å²) in [7, 11) is 0. The number of rotatable bonds is 4. The van der Waals surface area contributed by atoms with Gasteiger partial charge in [-0.1, -0.05) is 60.1 Å². The number of carbonyl (C=O) groups is 1. The molecular weight excluding hydrogens is 358 g/mol. The SMILES string of the molecule is O=C(CNC1c2ccccc2CCc2ccccc21)Nc1cccnc1Cl. The number of aromatic nitrogens is 1. The highest BCUT2D eigenvalue weighted by atomic mass is 35.5. The topological polar surface area (TPSA) is 54.0 Å². The molecule has 27 heavy (non-hydrogen) atoms. The van der Waals surface area contributed by atoms with Crippen molar-refractivity contribution in [1.29, 1.82) is 0 Å². The standard InChI is InChI=1S/C22H20ClN3O/c23-22-19(10-5-13-24-22)26-20(27)14-25-21-17-8-3-1-6-15(17)11-12-16-7-2-4-9-18(16)21/h1-10,13,21,25H,11-12,14H2,(H,26,27). The third-order valence-electron chi connectivity index (χ3n) is 4.90. The van der Waals surface area contributed by atoms with Crippen molar-refractivity contribution in [3.05, 3.63) is 94.3 Å². The maximum Gasteiger partial charge on any atom is 0.238 e. The molecule has 0 radical (unpaired) electrons. The number of hydrogen-bond donors (Lipinski definition) is 2. The van der Waals surface area contributed by atoms with Gasteiger partial charge in [-0.05, 0) is 47.2 Å². The van der Waals surface area contributed by atoms with Crippen LogP contribution in [-0.4, -0.2) is 17.4 Å². The van der Waals surface area contributed by atoms with Crippen LogP contribution in [0.5, 0.6) is 0 Å². The average molecular weight is 378 g/mol. The van der Waals surface area contributed by atoms with Gasteiger partial charge in [0, 0.05) is 6.20 Å². The molecule has 1 aliphatic rings. The van der Waals surface area contributed by atoms with E-state index in [0.717, 1.165) is 12.8 Å². The average Bonchev–Trinajstić information content (AvgIpc) is 2.85. The number of benzene rings is 2. The lowest BCUT2D eigenvalue weighted by molar-refractivity contribution is -0.115. The monoisotopic (exact) mass is 377 g/mol. The molecule has 0 unspecified atom stereocenters. The number of hydrogen-bond acceptors (Lipinski definition) is 3. The fourth-order valence-corrected chi connectivity index (χ4v) is 3.78. The van der Waals surface area contributed by atoms with E-state index >= 15 is 0 Å². The van der Waals surface area contributed by atoms with E-state index in [1.54, 1.807) is 18.3 Å². The number of pyridine rings is 1. The fraction of sp³-hybridized carbons (Fsp3) is 0.182. The summed E-state index contributed by atoms with van der Waals surface area (Å²) in [6.45, 7) is 0.179. The van der Waals surface area contributed by atoms with Crippen LogP contribution >= 0.6 is 11.6 Å². The number of aryl methyl sites for hydroxylation is 2. The van der Waals surface area contributed by atoms with E-state index in [1.807, 2.05) is 0 Å². The molecule has 4 nitrogen and oxygen atoms in total. The predicted octanol–water partition coefficient (Wildman–Crippen LogP) is 4.15. The Balaban J connectivity index is 1.56. The smallest absolute Gasteiger partial charge is 0.238 e. The third-order valence-corrected chi connectivity index (χ3v) is 5.20. The van der Waals surface area contributed by atoms with Crippen molar-refractivity contribution in [3.8, 4) is 0 Å². The number of fused-ring (bicyclic) bond motifs is 2. The number of amides is 1. The molecule has 1 heterocycles. The molecule has 1 aliphatic carbocycles. The lowest BCUT2D eigenvalue weighted by Crippen LogP contribution is -2.32. The van der Waals surface area contributed by atoms with Crippen LogP contribution in [0, 0.1) is 0 Å². The van der Waals surface area contributed by atoms with Crippen LogP contribution in [0.2, 0.25) is 5.15 Å². The van der Waals surface area contributed by atoms with Crippen LogP contribution in [0.15, 0.2) is 66.9 Å². The predicted molar refractivity (Wildman–Crippen MR) is 108 cm³/mol. The summed E-state index contributed by atoms with van der Waals surface area (Å²) in [4.78, 5) is 16.4. The van der Waals surface area contributed by atoms with Crippen LogP contribution in [0.25, 0.3) is 0 Å². The van der Waals surface area contributed by atoms with Crippen molar-refractivity contribution in [2.75, 3.05) is 11.9 Å². The van der Waals surface area contributed by atoms with E-state index in [4.69, 9.17) is 11.6 Å². The summed E-state index contributed by atoms with van der Waals surface area (Å²) in [5.41, 5.74) is 5.63. The van der Waals surface area contributed by atoms with E-state index in [2.05, 4.69) is 64.1 Å². The highest BCUT2D eigenvalue weighted by molar-refractivity contribution is 6.32. The quantitative estimate of drug-likeness (QED) is 0.671. The zero-order valence-electron chi connectivity index (χ0n) is 14.8. The van der Waals surface area contributed by atoms with Crippen molar-refractivity contribution in [1.82, 2.24) is 10.3 Å². The molecule has 136 valence electrons. The zero-order valence-corrected chi connectivity index (χ0v) is 15.5. The van der Waals surface area contributed by atoms with Crippen molar-refractivity contribution < 1.29 is 4.79 Å². The van der Waals surface area contributed by atoms with Gasteiger partial charge in [0.25, 0.3) is 0 Å². The molecule has 2 N–H and O–H groups in total. The van der Waals surface area contributed by atoms with E-state index in [0.29, 0.717) is 5.69 Å². The van der Waals surface area contributed by atoms with Gasteiger partial charge < -0.3 is 5.32 Å². The van der Waals surface area contributed by atoms with Crippen LogP contribution in [0.1, 0.15) is 28.3 Å². The molecule has 0 spiro atoms. The Morgan fingerprint density at radius 2 is 1.59 bits per heavy atom. The number of nitrogens with one attached hydrogen (secondary N) is 2. The molecule has 0 aliphatic heterocycles. The van der Waals surface area contributed by atoms with E-state index in [1.165, 1.54) is 22.3 Å². The largest absolute Gasteiger partial charge is 0.322 e. The Labute approximate surface area is 163 Å². The third kappa shape index (κ3) is 3.87. The summed E-state index contributed by atoms with van der Waals surface area (Å²) in [5.74, 6) is -0.149. The first-order valence-corrected chi connectivity index (χ1v) is 9.39. The lowest BCUT2D eigenvalue weighted by atomic mass is 9.94.